The van der Waals surface area contributed by atoms with E-state index in [9.17, 15) is 0 Å². The fourth-order valence-corrected chi connectivity index (χ4v) is 2.68. The molecule has 1 aliphatic heterocycles. The summed E-state index contributed by atoms with van der Waals surface area (Å²) in [6.07, 6.45) is 4.25. The van der Waals surface area contributed by atoms with Gasteiger partial charge < -0.3 is 0 Å². The first kappa shape index (κ1) is 10.6. The number of likely N-dealkylation sites (tertiary alicyclic amines) is 1. The number of hydrogen-bond acceptors (Lipinski definition) is 2. The molecule has 1 fully saturated rings. The van der Waals surface area contributed by atoms with Gasteiger partial charge in [-0.3, -0.25) is 4.90 Å². The number of aromatic nitrogens is 1. The second-order valence-corrected chi connectivity index (χ2v) is 5.28. The highest BCUT2D eigenvalue weighted by Crippen LogP contribution is 2.34. The Labute approximate surface area is 103 Å². The molecule has 0 amide bonds. The van der Waals surface area contributed by atoms with Crippen molar-refractivity contribution in [3.8, 4) is 0 Å². The van der Waals surface area contributed by atoms with Gasteiger partial charge in [0.25, 0.3) is 0 Å². The summed E-state index contributed by atoms with van der Waals surface area (Å²) in [5.74, 6) is 0. The van der Waals surface area contributed by atoms with Crippen LogP contribution in [-0.2, 0) is 0 Å². The Morgan fingerprint density at radius 2 is 2.43 bits per heavy atom. The molecule has 0 aliphatic carbocycles. The van der Waals surface area contributed by atoms with Crippen LogP contribution in [0.1, 0.15) is 24.4 Å². The van der Waals surface area contributed by atoms with E-state index in [2.05, 4.69) is 45.6 Å². The first-order chi connectivity index (χ1) is 6.68. The molecule has 2 nitrogen and oxygen atoms in total. The van der Waals surface area contributed by atoms with Crippen LogP contribution in [0.4, 0.5) is 0 Å². The molecule has 1 unspecified atom stereocenters. The third-order valence-corrected chi connectivity index (χ3v) is 3.62. The van der Waals surface area contributed by atoms with Crippen molar-refractivity contribution in [2.75, 3.05) is 13.6 Å². The number of pyridine rings is 1. The van der Waals surface area contributed by atoms with Crippen molar-refractivity contribution in [3.63, 3.8) is 0 Å². The average molecular weight is 323 g/mol. The Hall–Kier alpha value is 0.130. The summed E-state index contributed by atoms with van der Waals surface area (Å²) >= 11 is 8.38. The molecular formula is C10H12ClIN2. The Balaban J connectivity index is 2.34. The highest BCUT2D eigenvalue weighted by atomic mass is 127. The summed E-state index contributed by atoms with van der Waals surface area (Å²) in [5, 5.41) is 0.657. The minimum atomic E-state index is 0.463. The van der Waals surface area contributed by atoms with Gasteiger partial charge in [0, 0.05) is 21.4 Å². The van der Waals surface area contributed by atoms with Crippen LogP contribution in [0, 0.1) is 3.57 Å². The maximum absolute atomic E-state index is 6.10. The molecule has 1 aliphatic rings. The average Bonchev–Trinajstić information content (AvgIpc) is 2.56. The summed E-state index contributed by atoms with van der Waals surface area (Å²) in [4.78, 5) is 6.54. The number of hydrogen-bond donors (Lipinski definition) is 0. The minimum absolute atomic E-state index is 0.463. The molecule has 0 saturated carbocycles. The smallest absolute Gasteiger partial charge is 0.133 e. The molecule has 0 N–H and O–H groups in total. The molecule has 1 aromatic rings. The van der Waals surface area contributed by atoms with Crippen molar-refractivity contribution in [3.05, 3.63) is 26.5 Å². The summed E-state index contributed by atoms with van der Waals surface area (Å²) < 4.78 is 1.15. The summed E-state index contributed by atoms with van der Waals surface area (Å²) in [7, 11) is 2.15. The van der Waals surface area contributed by atoms with E-state index in [4.69, 9.17) is 11.6 Å². The lowest BCUT2D eigenvalue weighted by atomic mass is 10.1. The second-order valence-electron chi connectivity index (χ2n) is 3.67. The topological polar surface area (TPSA) is 16.1 Å². The lowest BCUT2D eigenvalue weighted by molar-refractivity contribution is 0.317. The van der Waals surface area contributed by atoms with Gasteiger partial charge in [0.05, 0.1) is 0 Å². The van der Waals surface area contributed by atoms with Crippen molar-refractivity contribution in [1.82, 2.24) is 9.88 Å². The van der Waals surface area contributed by atoms with E-state index in [1.165, 1.54) is 18.4 Å². The maximum Gasteiger partial charge on any atom is 0.133 e. The predicted molar refractivity (Wildman–Crippen MR) is 66.6 cm³/mol. The number of nitrogens with zero attached hydrogens (tertiary/aromatic N) is 2. The molecule has 0 bridgehead atoms. The van der Waals surface area contributed by atoms with Gasteiger partial charge in [-0.25, -0.2) is 4.98 Å². The van der Waals surface area contributed by atoms with Crippen molar-refractivity contribution < 1.29 is 0 Å². The maximum atomic E-state index is 6.10. The first-order valence-corrected chi connectivity index (χ1v) is 6.15. The second kappa shape index (κ2) is 4.33. The van der Waals surface area contributed by atoms with Gasteiger partial charge in [-0.2, -0.15) is 0 Å². The van der Waals surface area contributed by atoms with E-state index >= 15 is 0 Å². The van der Waals surface area contributed by atoms with Crippen LogP contribution in [0.2, 0.25) is 5.15 Å². The Morgan fingerprint density at radius 1 is 1.64 bits per heavy atom. The van der Waals surface area contributed by atoms with E-state index in [0.717, 1.165) is 10.1 Å². The molecule has 0 spiro atoms. The van der Waals surface area contributed by atoms with Crippen LogP contribution < -0.4 is 0 Å². The molecule has 1 aromatic heterocycles. The largest absolute Gasteiger partial charge is 0.299 e. The van der Waals surface area contributed by atoms with E-state index < -0.39 is 0 Å². The van der Waals surface area contributed by atoms with Crippen LogP contribution in [-0.4, -0.2) is 23.5 Å². The lowest BCUT2D eigenvalue weighted by Gasteiger charge is -2.20. The molecule has 76 valence electrons. The molecule has 0 radical (unpaired) electrons. The molecule has 1 atom stereocenters. The lowest BCUT2D eigenvalue weighted by Crippen LogP contribution is -2.18. The molecule has 4 heteroatoms. The summed E-state index contributed by atoms with van der Waals surface area (Å²) in [6, 6.07) is 2.60. The quantitative estimate of drug-likeness (QED) is 0.583. The Kier molecular flexibility index (Phi) is 3.29. The highest BCUT2D eigenvalue weighted by Gasteiger charge is 2.24. The minimum Gasteiger partial charge on any atom is -0.299 e. The zero-order valence-corrected chi connectivity index (χ0v) is 10.9. The standard InChI is InChI=1S/C10H12ClIN2/c1-14-4-2-3-9(14)8-5-7(12)6-13-10(8)11/h5-6,9H,2-4H2,1H3. The third-order valence-electron chi connectivity index (χ3n) is 2.71. The van der Waals surface area contributed by atoms with Crippen LogP contribution in [0.15, 0.2) is 12.3 Å². The molecular weight excluding hydrogens is 310 g/mol. The predicted octanol–water partition coefficient (Wildman–Crippen LogP) is 3.11. The van der Waals surface area contributed by atoms with Crippen LogP contribution in [0.3, 0.4) is 0 Å². The van der Waals surface area contributed by atoms with Crippen LogP contribution >= 0.6 is 34.2 Å². The normalized spacial score (nSPS) is 22.9. The van der Waals surface area contributed by atoms with Gasteiger partial charge in [-0.1, -0.05) is 11.6 Å². The van der Waals surface area contributed by atoms with E-state index in [-0.39, 0.29) is 0 Å². The van der Waals surface area contributed by atoms with Crippen LogP contribution in [0.5, 0.6) is 0 Å². The van der Waals surface area contributed by atoms with Crippen LogP contribution in [0.25, 0.3) is 0 Å². The fraction of sp³-hybridized carbons (Fsp3) is 0.500. The van der Waals surface area contributed by atoms with Gasteiger partial charge >= 0.3 is 0 Å². The van der Waals surface area contributed by atoms with Gasteiger partial charge in [0.1, 0.15) is 5.15 Å². The molecule has 2 rings (SSSR count). The Morgan fingerprint density at radius 3 is 3.07 bits per heavy atom. The first-order valence-electron chi connectivity index (χ1n) is 4.69. The van der Waals surface area contributed by atoms with E-state index in [1.54, 1.807) is 6.20 Å². The molecule has 2 heterocycles. The third kappa shape index (κ3) is 2.04. The Bertz CT molecular complexity index is 343. The van der Waals surface area contributed by atoms with Crippen molar-refractivity contribution in [2.24, 2.45) is 0 Å². The molecule has 1 saturated heterocycles. The monoisotopic (exact) mass is 322 g/mol. The molecule has 14 heavy (non-hydrogen) atoms. The number of halogens is 2. The summed E-state index contributed by atoms with van der Waals surface area (Å²) in [6.45, 7) is 1.16. The van der Waals surface area contributed by atoms with Gasteiger partial charge in [-0.15, -0.1) is 0 Å². The van der Waals surface area contributed by atoms with Gasteiger partial charge in [0.15, 0.2) is 0 Å². The van der Waals surface area contributed by atoms with Crippen molar-refractivity contribution in [1.29, 1.82) is 0 Å². The molecule has 0 aromatic carbocycles. The fourth-order valence-electron chi connectivity index (χ4n) is 1.98. The van der Waals surface area contributed by atoms with Crippen molar-refractivity contribution in [2.45, 2.75) is 18.9 Å². The number of rotatable bonds is 1. The van der Waals surface area contributed by atoms with Gasteiger partial charge in [0.2, 0.25) is 0 Å². The van der Waals surface area contributed by atoms with E-state index in [1.807, 2.05) is 0 Å². The van der Waals surface area contributed by atoms with Crippen molar-refractivity contribution >= 4 is 34.2 Å². The van der Waals surface area contributed by atoms with E-state index in [0.29, 0.717) is 11.2 Å². The SMILES string of the molecule is CN1CCCC1c1cc(I)cnc1Cl. The zero-order chi connectivity index (χ0) is 10.1. The van der Waals surface area contributed by atoms with Gasteiger partial charge in [-0.05, 0) is 55.1 Å². The highest BCUT2D eigenvalue weighted by molar-refractivity contribution is 14.1. The zero-order valence-electron chi connectivity index (χ0n) is 8.00. The summed E-state index contributed by atoms with van der Waals surface area (Å²) in [5.41, 5.74) is 1.18.